The minimum absolute atomic E-state index is 0.334. The Labute approximate surface area is 118 Å². The van der Waals surface area contributed by atoms with Crippen LogP contribution in [-0.4, -0.2) is 49.8 Å². The second-order valence-corrected chi connectivity index (χ2v) is 5.58. The Balaban J connectivity index is 2.25. The van der Waals surface area contributed by atoms with Gasteiger partial charge < -0.3 is 9.64 Å². The molecule has 0 aliphatic carbocycles. The molecule has 2 unspecified atom stereocenters. The summed E-state index contributed by atoms with van der Waals surface area (Å²) >= 11 is 0. The van der Waals surface area contributed by atoms with E-state index in [0.29, 0.717) is 6.10 Å². The molecule has 0 aromatic carbocycles. The van der Waals surface area contributed by atoms with Crippen molar-refractivity contribution in [1.29, 1.82) is 5.26 Å². The molecule has 1 saturated heterocycles. The van der Waals surface area contributed by atoms with Gasteiger partial charge in [0.2, 0.25) is 0 Å². The van der Waals surface area contributed by atoms with E-state index in [1.54, 1.807) is 0 Å². The van der Waals surface area contributed by atoms with E-state index in [-0.39, 0.29) is 5.54 Å². The highest BCUT2D eigenvalue weighted by Crippen LogP contribution is 2.17. The number of hydrogen-bond acceptors (Lipinski definition) is 4. The summed E-state index contributed by atoms with van der Waals surface area (Å²) in [6.45, 7) is 7.98. The summed E-state index contributed by atoms with van der Waals surface area (Å²) in [6.07, 6.45) is 5.66. The molecule has 4 nitrogen and oxygen atoms in total. The quantitative estimate of drug-likeness (QED) is 0.695. The molecule has 0 spiro atoms. The molecule has 1 aliphatic heterocycles. The van der Waals surface area contributed by atoms with Crippen LogP contribution in [0.5, 0.6) is 0 Å². The van der Waals surface area contributed by atoms with E-state index in [9.17, 15) is 5.26 Å². The van der Waals surface area contributed by atoms with Crippen LogP contribution >= 0.6 is 0 Å². The molecule has 1 rings (SSSR count). The standard InChI is InChI=1S/C15H29N3O/c1-4-15(13-16,17-5-2)9-7-10-18(3)12-14-8-6-11-19-14/h14,17H,4-12H2,1-3H3. The number of nitrogens with zero attached hydrogens (tertiary/aromatic N) is 2. The van der Waals surface area contributed by atoms with E-state index in [4.69, 9.17) is 4.74 Å². The lowest BCUT2D eigenvalue weighted by Crippen LogP contribution is -2.44. The lowest BCUT2D eigenvalue weighted by atomic mass is 9.92. The zero-order valence-corrected chi connectivity index (χ0v) is 12.7. The number of nitriles is 1. The van der Waals surface area contributed by atoms with Gasteiger partial charge in [0.1, 0.15) is 5.54 Å². The Bertz CT molecular complexity index is 284. The molecule has 0 radical (unpaired) electrons. The highest BCUT2D eigenvalue weighted by Gasteiger charge is 2.26. The van der Waals surface area contributed by atoms with Crippen LogP contribution in [0.1, 0.15) is 46.0 Å². The molecule has 0 bridgehead atoms. The van der Waals surface area contributed by atoms with Gasteiger partial charge in [-0.15, -0.1) is 0 Å². The van der Waals surface area contributed by atoms with Crippen molar-refractivity contribution in [3.05, 3.63) is 0 Å². The molecule has 0 aromatic rings. The summed E-state index contributed by atoms with van der Waals surface area (Å²) in [7, 11) is 2.15. The lowest BCUT2D eigenvalue weighted by Gasteiger charge is -2.27. The van der Waals surface area contributed by atoms with Crippen LogP contribution in [0.3, 0.4) is 0 Å². The smallest absolute Gasteiger partial charge is 0.106 e. The Morgan fingerprint density at radius 2 is 2.26 bits per heavy atom. The van der Waals surface area contributed by atoms with Crippen LogP contribution in [0.25, 0.3) is 0 Å². The van der Waals surface area contributed by atoms with Crippen LogP contribution in [0.4, 0.5) is 0 Å². The van der Waals surface area contributed by atoms with Gasteiger partial charge >= 0.3 is 0 Å². The van der Waals surface area contributed by atoms with Crippen molar-refractivity contribution in [3.63, 3.8) is 0 Å². The molecule has 19 heavy (non-hydrogen) atoms. The molecular weight excluding hydrogens is 238 g/mol. The SMILES string of the molecule is CCNC(C#N)(CC)CCCN(C)CC1CCCO1. The minimum Gasteiger partial charge on any atom is -0.377 e. The molecular formula is C15H29N3O. The summed E-state index contributed by atoms with van der Waals surface area (Å²) < 4.78 is 5.65. The first-order chi connectivity index (χ1) is 9.15. The summed E-state index contributed by atoms with van der Waals surface area (Å²) in [5.74, 6) is 0. The molecule has 0 aromatic heterocycles. The van der Waals surface area contributed by atoms with Gasteiger partial charge in [0.05, 0.1) is 12.2 Å². The average Bonchev–Trinajstić information content (AvgIpc) is 2.90. The van der Waals surface area contributed by atoms with E-state index < -0.39 is 0 Å². The first-order valence-electron chi connectivity index (χ1n) is 7.62. The highest BCUT2D eigenvalue weighted by molar-refractivity contribution is 5.05. The van der Waals surface area contributed by atoms with Gasteiger partial charge in [0, 0.05) is 13.2 Å². The van der Waals surface area contributed by atoms with Crippen molar-refractivity contribution in [2.45, 2.75) is 57.6 Å². The largest absolute Gasteiger partial charge is 0.377 e. The minimum atomic E-state index is -0.334. The Morgan fingerprint density at radius 1 is 1.47 bits per heavy atom. The maximum atomic E-state index is 9.36. The number of hydrogen-bond donors (Lipinski definition) is 1. The Morgan fingerprint density at radius 3 is 2.79 bits per heavy atom. The van der Waals surface area contributed by atoms with E-state index in [1.807, 2.05) is 0 Å². The first-order valence-corrected chi connectivity index (χ1v) is 7.62. The van der Waals surface area contributed by atoms with Crippen molar-refractivity contribution < 1.29 is 4.74 Å². The number of rotatable bonds is 9. The molecule has 4 heteroatoms. The van der Waals surface area contributed by atoms with E-state index in [2.05, 4.69) is 37.2 Å². The fraction of sp³-hybridized carbons (Fsp3) is 0.933. The molecule has 1 heterocycles. The van der Waals surface area contributed by atoms with Crippen molar-refractivity contribution in [3.8, 4) is 6.07 Å². The Kier molecular flexibility index (Phi) is 7.37. The fourth-order valence-corrected chi connectivity index (χ4v) is 2.78. The van der Waals surface area contributed by atoms with Gasteiger partial charge in [0.25, 0.3) is 0 Å². The van der Waals surface area contributed by atoms with Crippen LogP contribution in [-0.2, 0) is 4.74 Å². The van der Waals surface area contributed by atoms with Gasteiger partial charge in [-0.25, -0.2) is 0 Å². The first kappa shape index (κ1) is 16.4. The van der Waals surface area contributed by atoms with Crippen molar-refractivity contribution in [2.75, 3.05) is 33.3 Å². The third kappa shape index (κ3) is 5.48. The van der Waals surface area contributed by atoms with Crippen LogP contribution in [0, 0.1) is 11.3 Å². The van der Waals surface area contributed by atoms with Crippen molar-refractivity contribution in [2.24, 2.45) is 0 Å². The van der Waals surface area contributed by atoms with Gasteiger partial charge in [-0.1, -0.05) is 13.8 Å². The number of nitrogens with one attached hydrogen (secondary N) is 1. The summed E-state index contributed by atoms with van der Waals surface area (Å²) in [6, 6.07) is 2.46. The summed E-state index contributed by atoms with van der Waals surface area (Å²) in [5, 5.41) is 12.7. The zero-order valence-electron chi connectivity index (χ0n) is 12.7. The lowest BCUT2D eigenvalue weighted by molar-refractivity contribution is 0.0803. The molecule has 110 valence electrons. The Hall–Kier alpha value is -0.630. The van der Waals surface area contributed by atoms with E-state index >= 15 is 0 Å². The second-order valence-electron chi connectivity index (χ2n) is 5.58. The maximum absolute atomic E-state index is 9.36. The van der Waals surface area contributed by atoms with Gasteiger partial charge in [-0.2, -0.15) is 5.26 Å². The number of ether oxygens (including phenoxy) is 1. The molecule has 1 N–H and O–H groups in total. The fourth-order valence-electron chi connectivity index (χ4n) is 2.78. The van der Waals surface area contributed by atoms with Crippen molar-refractivity contribution in [1.82, 2.24) is 10.2 Å². The molecule has 0 saturated carbocycles. The summed E-state index contributed by atoms with van der Waals surface area (Å²) in [4.78, 5) is 2.33. The van der Waals surface area contributed by atoms with E-state index in [1.165, 1.54) is 12.8 Å². The number of likely N-dealkylation sites (N-methyl/N-ethyl adjacent to an activating group) is 1. The third-order valence-corrected chi connectivity index (χ3v) is 4.02. The normalized spacial score (nSPS) is 22.4. The van der Waals surface area contributed by atoms with E-state index in [0.717, 1.165) is 45.5 Å². The monoisotopic (exact) mass is 267 g/mol. The predicted molar refractivity (Wildman–Crippen MR) is 78.0 cm³/mol. The van der Waals surface area contributed by atoms with Gasteiger partial charge in [-0.05, 0) is 52.2 Å². The molecule has 0 amide bonds. The van der Waals surface area contributed by atoms with Crippen molar-refractivity contribution >= 4 is 0 Å². The predicted octanol–water partition coefficient (Wildman–Crippen LogP) is 2.16. The molecule has 1 fully saturated rings. The van der Waals surface area contributed by atoms with Crippen LogP contribution < -0.4 is 5.32 Å². The maximum Gasteiger partial charge on any atom is 0.106 e. The highest BCUT2D eigenvalue weighted by atomic mass is 16.5. The third-order valence-electron chi connectivity index (χ3n) is 4.02. The average molecular weight is 267 g/mol. The molecule has 2 atom stereocenters. The van der Waals surface area contributed by atoms with Crippen LogP contribution in [0.15, 0.2) is 0 Å². The molecule has 1 aliphatic rings. The zero-order chi connectivity index (χ0) is 14.1. The summed E-state index contributed by atoms with van der Waals surface area (Å²) in [5.41, 5.74) is -0.334. The van der Waals surface area contributed by atoms with Gasteiger partial charge in [-0.3, -0.25) is 5.32 Å². The van der Waals surface area contributed by atoms with Crippen LogP contribution in [0.2, 0.25) is 0 Å². The topological polar surface area (TPSA) is 48.3 Å². The van der Waals surface area contributed by atoms with Gasteiger partial charge in [0.15, 0.2) is 0 Å². The second kappa shape index (κ2) is 8.52.